The van der Waals surface area contributed by atoms with Crippen LogP contribution in [0.25, 0.3) is 10.9 Å². The number of carbonyl (C=O) groups is 1. The Hall–Kier alpha value is -1.81. The molecule has 1 fully saturated rings. The lowest BCUT2D eigenvalue weighted by molar-refractivity contribution is -0.144. The SMILES string of the molecule is Cc1[nH]c2ccccc2c1C(C(=O)O)N1C[C@H](C)C[C@H](C)C1. The Morgan fingerprint density at radius 1 is 1.27 bits per heavy atom. The van der Waals surface area contributed by atoms with Crippen molar-refractivity contribution in [3.63, 3.8) is 0 Å². The van der Waals surface area contributed by atoms with Crippen LogP contribution in [0.3, 0.4) is 0 Å². The van der Waals surface area contributed by atoms with Gasteiger partial charge in [0.2, 0.25) is 0 Å². The maximum absolute atomic E-state index is 12.1. The number of benzene rings is 1. The van der Waals surface area contributed by atoms with E-state index in [0.717, 1.165) is 35.2 Å². The average Bonchev–Trinajstić information content (AvgIpc) is 2.74. The van der Waals surface area contributed by atoms with Crippen molar-refractivity contribution in [2.24, 2.45) is 11.8 Å². The molecule has 1 unspecified atom stereocenters. The number of aromatic nitrogens is 1. The van der Waals surface area contributed by atoms with Crippen molar-refractivity contribution in [1.82, 2.24) is 9.88 Å². The second-order valence-electron chi connectivity index (χ2n) is 6.85. The number of aromatic amines is 1. The third kappa shape index (κ3) is 2.63. The van der Waals surface area contributed by atoms with Gasteiger partial charge in [-0.2, -0.15) is 0 Å². The van der Waals surface area contributed by atoms with Crippen molar-refractivity contribution in [3.8, 4) is 0 Å². The van der Waals surface area contributed by atoms with E-state index >= 15 is 0 Å². The van der Waals surface area contributed by atoms with E-state index in [9.17, 15) is 9.90 Å². The number of H-pyrrole nitrogens is 1. The van der Waals surface area contributed by atoms with Gasteiger partial charge < -0.3 is 10.1 Å². The first kappa shape index (κ1) is 15.1. The molecule has 2 heterocycles. The van der Waals surface area contributed by atoms with Crippen molar-refractivity contribution in [2.45, 2.75) is 33.2 Å². The van der Waals surface area contributed by atoms with Crippen molar-refractivity contribution in [1.29, 1.82) is 0 Å². The highest BCUT2D eigenvalue weighted by atomic mass is 16.4. The molecule has 1 aliphatic heterocycles. The Morgan fingerprint density at radius 3 is 2.55 bits per heavy atom. The van der Waals surface area contributed by atoms with Gasteiger partial charge in [0.25, 0.3) is 0 Å². The third-order valence-corrected chi connectivity index (χ3v) is 4.71. The molecule has 2 aromatic rings. The van der Waals surface area contributed by atoms with Gasteiger partial charge in [-0.25, -0.2) is 0 Å². The lowest BCUT2D eigenvalue weighted by atomic mass is 9.89. The smallest absolute Gasteiger partial charge is 0.325 e. The van der Waals surface area contributed by atoms with Crippen LogP contribution in [0.4, 0.5) is 0 Å². The molecular formula is C18H24N2O2. The molecule has 4 heteroatoms. The molecule has 0 aliphatic carbocycles. The highest BCUT2D eigenvalue weighted by molar-refractivity contribution is 5.90. The van der Waals surface area contributed by atoms with E-state index in [1.54, 1.807) is 0 Å². The molecule has 1 aromatic heterocycles. The molecule has 0 radical (unpaired) electrons. The molecule has 118 valence electrons. The van der Waals surface area contributed by atoms with Gasteiger partial charge in [0.1, 0.15) is 6.04 Å². The molecule has 3 rings (SSSR count). The largest absolute Gasteiger partial charge is 0.480 e. The topological polar surface area (TPSA) is 56.3 Å². The molecule has 2 N–H and O–H groups in total. The first-order valence-corrected chi connectivity index (χ1v) is 8.01. The zero-order valence-electron chi connectivity index (χ0n) is 13.5. The van der Waals surface area contributed by atoms with Gasteiger partial charge in [-0.05, 0) is 31.2 Å². The number of nitrogens with one attached hydrogen (secondary N) is 1. The minimum atomic E-state index is -0.755. The van der Waals surface area contributed by atoms with Crippen molar-refractivity contribution < 1.29 is 9.90 Å². The Labute approximate surface area is 131 Å². The summed E-state index contributed by atoms with van der Waals surface area (Å²) in [4.78, 5) is 17.5. The van der Waals surface area contributed by atoms with E-state index in [1.807, 2.05) is 31.2 Å². The number of para-hydroxylation sites is 1. The standard InChI is InChI=1S/C18H24N2O2/c1-11-8-12(2)10-20(9-11)17(18(21)22)16-13(3)19-15-7-5-4-6-14(15)16/h4-7,11-12,17,19H,8-10H2,1-3H3,(H,21,22)/t11-,12+,17?. The number of rotatable bonds is 3. The van der Waals surface area contributed by atoms with Gasteiger partial charge in [0.15, 0.2) is 0 Å². The van der Waals surface area contributed by atoms with Crippen LogP contribution in [0.2, 0.25) is 0 Å². The van der Waals surface area contributed by atoms with Crippen LogP contribution in [0.15, 0.2) is 24.3 Å². The van der Waals surface area contributed by atoms with Crippen LogP contribution in [0, 0.1) is 18.8 Å². The maximum Gasteiger partial charge on any atom is 0.325 e. The number of carboxylic acids is 1. The molecule has 0 amide bonds. The summed E-state index contributed by atoms with van der Waals surface area (Å²) in [5.41, 5.74) is 2.89. The van der Waals surface area contributed by atoms with E-state index in [4.69, 9.17) is 0 Å². The zero-order valence-corrected chi connectivity index (χ0v) is 13.5. The molecule has 0 saturated carbocycles. The zero-order chi connectivity index (χ0) is 15.9. The molecule has 0 bridgehead atoms. The summed E-state index contributed by atoms with van der Waals surface area (Å²) in [5.74, 6) is 0.321. The quantitative estimate of drug-likeness (QED) is 0.911. The van der Waals surface area contributed by atoms with E-state index in [1.165, 1.54) is 6.42 Å². The Morgan fingerprint density at radius 2 is 1.91 bits per heavy atom. The molecule has 0 spiro atoms. The summed E-state index contributed by atoms with van der Waals surface area (Å²) >= 11 is 0. The van der Waals surface area contributed by atoms with E-state index in [0.29, 0.717) is 11.8 Å². The molecular weight excluding hydrogens is 276 g/mol. The lowest BCUT2D eigenvalue weighted by Crippen LogP contribution is -2.43. The number of hydrogen-bond acceptors (Lipinski definition) is 2. The fourth-order valence-corrected chi connectivity index (χ4v) is 4.03. The van der Waals surface area contributed by atoms with E-state index in [2.05, 4.69) is 23.7 Å². The summed E-state index contributed by atoms with van der Waals surface area (Å²) in [6.07, 6.45) is 1.18. The fraction of sp³-hybridized carbons (Fsp3) is 0.500. The van der Waals surface area contributed by atoms with Crippen LogP contribution in [-0.4, -0.2) is 34.0 Å². The van der Waals surface area contributed by atoms with Crippen LogP contribution in [0.1, 0.15) is 37.6 Å². The molecule has 3 atom stereocenters. The van der Waals surface area contributed by atoms with Crippen LogP contribution >= 0.6 is 0 Å². The molecule has 1 aromatic carbocycles. The second-order valence-corrected chi connectivity index (χ2v) is 6.85. The highest BCUT2D eigenvalue weighted by Gasteiger charge is 2.35. The van der Waals surface area contributed by atoms with Gasteiger partial charge >= 0.3 is 5.97 Å². The summed E-state index contributed by atoms with van der Waals surface area (Å²) in [6, 6.07) is 7.40. The summed E-state index contributed by atoms with van der Waals surface area (Å²) in [7, 11) is 0. The van der Waals surface area contributed by atoms with E-state index < -0.39 is 12.0 Å². The number of aryl methyl sites for hydroxylation is 1. The number of carboxylic acid groups (broad SMARTS) is 1. The predicted molar refractivity (Wildman–Crippen MR) is 87.9 cm³/mol. The molecule has 22 heavy (non-hydrogen) atoms. The summed E-state index contributed by atoms with van der Waals surface area (Å²) < 4.78 is 0. The normalized spacial score (nSPS) is 24.5. The van der Waals surface area contributed by atoms with Crippen molar-refractivity contribution >= 4 is 16.9 Å². The van der Waals surface area contributed by atoms with Gasteiger partial charge in [-0.1, -0.05) is 32.0 Å². The Balaban J connectivity index is 2.07. The maximum atomic E-state index is 12.1. The Bertz CT molecular complexity index is 681. The number of likely N-dealkylation sites (tertiary alicyclic amines) is 1. The van der Waals surface area contributed by atoms with Gasteiger partial charge in [-0.3, -0.25) is 9.69 Å². The predicted octanol–water partition coefficient (Wildman–Crippen LogP) is 3.58. The molecule has 4 nitrogen and oxygen atoms in total. The van der Waals surface area contributed by atoms with Crippen LogP contribution < -0.4 is 0 Å². The molecule has 1 saturated heterocycles. The lowest BCUT2D eigenvalue weighted by Gasteiger charge is -2.38. The number of fused-ring (bicyclic) bond motifs is 1. The van der Waals surface area contributed by atoms with Gasteiger partial charge in [0.05, 0.1) is 0 Å². The van der Waals surface area contributed by atoms with Crippen LogP contribution in [-0.2, 0) is 4.79 Å². The summed E-state index contributed by atoms with van der Waals surface area (Å²) in [6.45, 7) is 8.09. The van der Waals surface area contributed by atoms with Gasteiger partial charge in [0, 0.05) is 35.2 Å². The fourth-order valence-electron chi connectivity index (χ4n) is 4.03. The Kier molecular flexibility index (Phi) is 3.96. The highest BCUT2D eigenvalue weighted by Crippen LogP contribution is 2.35. The van der Waals surface area contributed by atoms with Gasteiger partial charge in [-0.15, -0.1) is 0 Å². The number of hydrogen-bond donors (Lipinski definition) is 2. The minimum Gasteiger partial charge on any atom is -0.480 e. The third-order valence-electron chi connectivity index (χ3n) is 4.71. The monoisotopic (exact) mass is 300 g/mol. The van der Waals surface area contributed by atoms with Crippen molar-refractivity contribution in [3.05, 3.63) is 35.5 Å². The molecule has 1 aliphatic rings. The minimum absolute atomic E-state index is 0.538. The first-order valence-electron chi connectivity index (χ1n) is 8.01. The first-order chi connectivity index (χ1) is 10.5. The average molecular weight is 300 g/mol. The van der Waals surface area contributed by atoms with E-state index in [-0.39, 0.29) is 0 Å². The summed E-state index contributed by atoms with van der Waals surface area (Å²) in [5, 5.41) is 10.9. The number of aliphatic carboxylic acids is 1. The second kappa shape index (κ2) is 5.76. The number of nitrogens with zero attached hydrogens (tertiary/aromatic N) is 1. The van der Waals surface area contributed by atoms with Crippen LogP contribution in [0.5, 0.6) is 0 Å². The van der Waals surface area contributed by atoms with Crippen molar-refractivity contribution in [2.75, 3.05) is 13.1 Å². The number of piperidine rings is 1.